The quantitative estimate of drug-likeness (QED) is 0.682. The van der Waals surface area contributed by atoms with Gasteiger partial charge in [-0.1, -0.05) is 18.2 Å². The number of benzene rings is 1. The Bertz CT molecular complexity index is 686. The summed E-state index contributed by atoms with van der Waals surface area (Å²) >= 11 is 0. The summed E-state index contributed by atoms with van der Waals surface area (Å²) in [7, 11) is 0. The van der Waals surface area contributed by atoms with E-state index in [1.54, 1.807) is 4.68 Å². The lowest BCUT2D eigenvalue weighted by Crippen LogP contribution is -2.22. The van der Waals surface area contributed by atoms with E-state index in [1.165, 1.54) is 5.56 Å². The molecule has 108 valence electrons. The fourth-order valence-electron chi connectivity index (χ4n) is 2.07. The third-order valence-corrected chi connectivity index (χ3v) is 3.10. The predicted molar refractivity (Wildman–Crippen MR) is 77.8 cm³/mol. The van der Waals surface area contributed by atoms with Gasteiger partial charge in [-0.15, -0.1) is 5.10 Å². The Kier molecular flexibility index (Phi) is 4.02. The summed E-state index contributed by atoms with van der Waals surface area (Å²) in [6, 6.07) is 9.86. The van der Waals surface area contributed by atoms with Crippen molar-refractivity contribution in [2.75, 3.05) is 6.54 Å². The molecular formula is C14H17N7. The second-order valence-corrected chi connectivity index (χ2v) is 4.80. The van der Waals surface area contributed by atoms with Crippen LogP contribution in [0.1, 0.15) is 11.4 Å². The highest BCUT2D eigenvalue weighted by Crippen LogP contribution is 2.06. The fraction of sp³-hybridized carbons (Fsp3) is 0.286. The number of nitrogens with one attached hydrogen (secondary N) is 1. The molecule has 0 spiro atoms. The number of rotatable bonds is 6. The fourth-order valence-corrected chi connectivity index (χ4v) is 2.07. The van der Waals surface area contributed by atoms with Crippen molar-refractivity contribution in [3.05, 3.63) is 54.1 Å². The smallest absolute Gasteiger partial charge is 0.170 e. The maximum absolute atomic E-state index is 4.25. The van der Waals surface area contributed by atoms with Crippen molar-refractivity contribution in [2.45, 2.75) is 20.0 Å². The average Bonchev–Trinajstić information content (AvgIpc) is 3.13. The number of hydrogen-bond acceptors (Lipinski definition) is 5. The first-order chi connectivity index (χ1) is 10.3. The molecule has 0 unspecified atom stereocenters. The SMILES string of the molecule is Cc1cnn(CCNCc2nnnn2-c2ccccc2)c1. The molecule has 0 saturated heterocycles. The second kappa shape index (κ2) is 6.27. The Morgan fingerprint density at radius 3 is 2.81 bits per heavy atom. The van der Waals surface area contributed by atoms with Crippen molar-refractivity contribution in [3.8, 4) is 5.69 Å². The van der Waals surface area contributed by atoms with Crippen LogP contribution < -0.4 is 5.32 Å². The lowest BCUT2D eigenvalue weighted by Gasteiger charge is -2.06. The van der Waals surface area contributed by atoms with E-state index in [1.807, 2.05) is 54.3 Å². The van der Waals surface area contributed by atoms with Crippen LogP contribution in [0.3, 0.4) is 0 Å². The van der Waals surface area contributed by atoms with Gasteiger partial charge in [-0.05, 0) is 35.0 Å². The van der Waals surface area contributed by atoms with E-state index in [-0.39, 0.29) is 0 Å². The molecule has 0 aliphatic carbocycles. The summed E-state index contributed by atoms with van der Waals surface area (Å²) in [4.78, 5) is 0. The molecule has 0 aliphatic heterocycles. The number of nitrogens with zero attached hydrogens (tertiary/aromatic N) is 6. The van der Waals surface area contributed by atoms with Gasteiger partial charge < -0.3 is 5.32 Å². The molecule has 0 bridgehead atoms. The normalized spacial score (nSPS) is 10.9. The highest BCUT2D eigenvalue weighted by Gasteiger charge is 2.07. The standard InChI is InChI=1S/C14H17N7/c1-12-9-16-20(11-12)8-7-15-10-14-17-18-19-21(14)13-5-3-2-4-6-13/h2-6,9,11,15H,7-8,10H2,1H3. The Morgan fingerprint density at radius 1 is 1.19 bits per heavy atom. The van der Waals surface area contributed by atoms with Gasteiger partial charge in [0.2, 0.25) is 0 Å². The maximum Gasteiger partial charge on any atom is 0.170 e. The van der Waals surface area contributed by atoms with Crippen LogP contribution in [0.15, 0.2) is 42.7 Å². The molecule has 0 atom stereocenters. The number of tetrazole rings is 1. The predicted octanol–water partition coefficient (Wildman–Crippen LogP) is 0.957. The molecule has 2 heterocycles. The van der Waals surface area contributed by atoms with Gasteiger partial charge >= 0.3 is 0 Å². The first-order valence-corrected chi connectivity index (χ1v) is 6.85. The molecule has 7 heteroatoms. The van der Waals surface area contributed by atoms with Gasteiger partial charge in [0.15, 0.2) is 5.82 Å². The number of para-hydroxylation sites is 1. The highest BCUT2D eigenvalue weighted by molar-refractivity contribution is 5.30. The topological polar surface area (TPSA) is 73.5 Å². The molecule has 0 amide bonds. The highest BCUT2D eigenvalue weighted by atomic mass is 15.5. The molecule has 0 saturated carbocycles. The number of hydrogen-bond donors (Lipinski definition) is 1. The minimum atomic E-state index is 0.613. The first-order valence-electron chi connectivity index (χ1n) is 6.85. The van der Waals surface area contributed by atoms with Crippen LogP contribution in [0.4, 0.5) is 0 Å². The Hall–Kier alpha value is -2.54. The minimum absolute atomic E-state index is 0.613. The van der Waals surface area contributed by atoms with E-state index >= 15 is 0 Å². The van der Waals surface area contributed by atoms with Crippen LogP contribution in [0.25, 0.3) is 5.69 Å². The van der Waals surface area contributed by atoms with Gasteiger partial charge in [-0.3, -0.25) is 4.68 Å². The van der Waals surface area contributed by atoms with Crippen molar-refractivity contribution >= 4 is 0 Å². The van der Waals surface area contributed by atoms with E-state index in [0.29, 0.717) is 6.54 Å². The van der Waals surface area contributed by atoms with Gasteiger partial charge in [-0.25, -0.2) is 0 Å². The van der Waals surface area contributed by atoms with Gasteiger partial charge in [0, 0.05) is 12.7 Å². The number of aryl methyl sites for hydroxylation is 1. The molecular weight excluding hydrogens is 266 g/mol. The van der Waals surface area contributed by atoms with Crippen LogP contribution in [0.5, 0.6) is 0 Å². The van der Waals surface area contributed by atoms with E-state index in [2.05, 4.69) is 25.9 Å². The van der Waals surface area contributed by atoms with E-state index in [4.69, 9.17) is 0 Å². The van der Waals surface area contributed by atoms with Gasteiger partial charge in [-0.2, -0.15) is 9.78 Å². The summed E-state index contributed by atoms with van der Waals surface area (Å²) in [5.41, 5.74) is 2.13. The van der Waals surface area contributed by atoms with Crippen LogP contribution in [-0.2, 0) is 13.1 Å². The second-order valence-electron chi connectivity index (χ2n) is 4.80. The zero-order valence-electron chi connectivity index (χ0n) is 11.8. The number of aromatic nitrogens is 6. The van der Waals surface area contributed by atoms with E-state index in [0.717, 1.165) is 24.6 Å². The zero-order valence-corrected chi connectivity index (χ0v) is 11.8. The molecule has 3 rings (SSSR count). The van der Waals surface area contributed by atoms with Crippen molar-refractivity contribution < 1.29 is 0 Å². The molecule has 1 aromatic carbocycles. The third kappa shape index (κ3) is 3.32. The lowest BCUT2D eigenvalue weighted by atomic mass is 10.3. The lowest BCUT2D eigenvalue weighted by molar-refractivity contribution is 0.543. The molecule has 0 aliphatic rings. The van der Waals surface area contributed by atoms with Gasteiger partial charge in [0.1, 0.15) is 0 Å². The summed E-state index contributed by atoms with van der Waals surface area (Å²) in [6.07, 6.45) is 3.88. The molecule has 0 fully saturated rings. The Balaban J connectivity index is 1.55. The maximum atomic E-state index is 4.25. The zero-order chi connectivity index (χ0) is 14.5. The Labute approximate surface area is 122 Å². The summed E-state index contributed by atoms with van der Waals surface area (Å²) in [5, 5.41) is 19.4. The molecule has 2 aromatic heterocycles. The van der Waals surface area contributed by atoms with E-state index in [9.17, 15) is 0 Å². The minimum Gasteiger partial charge on any atom is -0.308 e. The monoisotopic (exact) mass is 283 g/mol. The van der Waals surface area contributed by atoms with Crippen molar-refractivity contribution in [1.29, 1.82) is 0 Å². The van der Waals surface area contributed by atoms with Crippen molar-refractivity contribution in [3.63, 3.8) is 0 Å². The van der Waals surface area contributed by atoms with Gasteiger partial charge in [0.05, 0.1) is 25.0 Å². The molecule has 3 aromatic rings. The molecule has 7 nitrogen and oxygen atoms in total. The molecule has 0 radical (unpaired) electrons. The van der Waals surface area contributed by atoms with Crippen LogP contribution in [0, 0.1) is 6.92 Å². The molecule has 21 heavy (non-hydrogen) atoms. The summed E-state index contributed by atoms with van der Waals surface area (Å²) in [5.74, 6) is 0.790. The van der Waals surface area contributed by atoms with Crippen LogP contribution >= 0.6 is 0 Å². The largest absolute Gasteiger partial charge is 0.308 e. The van der Waals surface area contributed by atoms with Gasteiger partial charge in [0.25, 0.3) is 0 Å². The van der Waals surface area contributed by atoms with Crippen LogP contribution in [-0.4, -0.2) is 36.5 Å². The summed E-state index contributed by atoms with van der Waals surface area (Å²) in [6.45, 7) is 4.27. The average molecular weight is 283 g/mol. The Morgan fingerprint density at radius 2 is 2.05 bits per heavy atom. The summed E-state index contributed by atoms with van der Waals surface area (Å²) < 4.78 is 3.66. The molecule has 1 N–H and O–H groups in total. The first kappa shape index (κ1) is 13.4. The van der Waals surface area contributed by atoms with E-state index < -0.39 is 0 Å². The van der Waals surface area contributed by atoms with Crippen molar-refractivity contribution in [1.82, 2.24) is 35.3 Å². The third-order valence-electron chi connectivity index (χ3n) is 3.10. The van der Waals surface area contributed by atoms with Crippen molar-refractivity contribution in [2.24, 2.45) is 0 Å². The van der Waals surface area contributed by atoms with Crippen LogP contribution in [0.2, 0.25) is 0 Å².